The van der Waals surface area contributed by atoms with Crippen LogP contribution in [0.2, 0.25) is 5.02 Å². The van der Waals surface area contributed by atoms with Gasteiger partial charge in [0.05, 0.1) is 12.8 Å². The molecule has 0 spiro atoms. The Labute approximate surface area is 155 Å². The van der Waals surface area contributed by atoms with Gasteiger partial charge < -0.3 is 13.7 Å². The minimum absolute atomic E-state index is 0.0631. The molecule has 2 aromatic carbocycles. The number of fused-ring (bicyclic) bond motifs is 4. The summed E-state index contributed by atoms with van der Waals surface area (Å²) in [4.78, 5) is 0. The van der Waals surface area contributed by atoms with Gasteiger partial charge in [-0.05, 0) is 48.5 Å². The first-order valence-corrected chi connectivity index (χ1v) is 8.88. The summed E-state index contributed by atoms with van der Waals surface area (Å²) in [6.45, 7) is 0.668. The van der Waals surface area contributed by atoms with Gasteiger partial charge in [-0.3, -0.25) is 5.32 Å². The van der Waals surface area contributed by atoms with Gasteiger partial charge in [0.25, 0.3) is 0 Å². The van der Waals surface area contributed by atoms with E-state index >= 15 is 0 Å². The molecule has 1 aliphatic heterocycles. The van der Waals surface area contributed by atoms with Crippen LogP contribution in [0.4, 0.5) is 0 Å². The highest BCUT2D eigenvalue weighted by atomic mass is 35.5. The van der Waals surface area contributed by atoms with Crippen LogP contribution in [0.1, 0.15) is 23.1 Å². The summed E-state index contributed by atoms with van der Waals surface area (Å²) in [7, 11) is 1.67. The quantitative estimate of drug-likeness (QED) is 0.539. The standard InChI is InChI=1S/C21H17ClN2O2/c1-25-14-7-8-19-13(10-14)11-20(26-19)21-18-6-3-9-24(18)17-5-2-4-16(22)15(17)12-23-21/h2-11,21,23H,12H2,1H3. The zero-order chi connectivity index (χ0) is 17.7. The maximum Gasteiger partial charge on any atom is 0.134 e. The van der Waals surface area contributed by atoms with E-state index < -0.39 is 0 Å². The van der Waals surface area contributed by atoms with E-state index in [-0.39, 0.29) is 6.04 Å². The first-order chi connectivity index (χ1) is 12.7. The molecular formula is C21H17ClN2O2. The van der Waals surface area contributed by atoms with Crippen LogP contribution < -0.4 is 10.1 Å². The van der Waals surface area contributed by atoms with Gasteiger partial charge in [-0.15, -0.1) is 0 Å². The first kappa shape index (κ1) is 15.6. The Balaban J connectivity index is 1.64. The normalized spacial score (nSPS) is 16.2. The molecule has 0 fully saturated rings. The van der Waals surface area contributed by atoms with Crippen molar-refractivity contribution >= 4 is 22.6 Å². The van der Waals surface area contributed by atoms with E-state index in [0.29, 0.717) is 6.54 Å². The number of nitrogens with zero attached hydrogens (tertiary/aromatic N) is 1. The third-order valence-electron chi connectivity index (χ3n) is 4.94. The fourth-order valence-corrected chi connectivity index (χ4v) is 3.90. The van der Waals surface area contributed by atoms with Crippen molar-refractivity contribution < 1.29 is 9.15 Å². The Bertz CT molecular complexity index is 1110. The number of benzene rings is 2. The van der Waals surface area contributed by atoms with Crippen LogP contribution in [0.3, 0.4) is 0 Å². The lowest BCUT2D eigenvalue weighted by Gasteiger charge is -2.14. The second-order valence-electron chi connectivity index (χ2n) is 6.41. The molecule has 4 aromatic rings. The van der Waals surface area contributed by atoms with E-state index in [0.717, 1.165) is 44.4 Å². The van der Waals surface area contributed by atoms with Gasteiger partial charge in [-0.25, -0.2) is 0 Å². The van der Waals surface area contributed by atoms with Crippen LogP contribution >= 0.6 is 11.6 Å². The number of hydrogen-bond donors (Lipinski definition) is 1. The van der Waals surface area contributed by atoms with Crippen molar-refractivity contribution in [3.63, 3.8) is 0 Å². The van der Waals surface area contributed by atoms with Crippen molar-refractivity contribution in [1.29, 1.82) is 0 Å². The van der Waals surface area contributed by atoms with E-state index in [1.807, 2.05) is 36.4 Å². The number of halogens is 1. The highest BCUT2D eigenvalue weighted by Gasteiger charge is 2.26. The Hall–Kier alpha value is -2.69. The molecule has 2 aromatic heterocycles. The summed E-state index contributed by atoms with van der Waals surface area (Å²) < 4.78 is 13.7. The molecule has 0 saturated carbocycles. The molecule has 0 bridgehead atoms. The summed E-state index contributed by atoms with van der Waals surface area (Å²) >= 11 is 6.45. The topological polar surface area (TPSA) is 39.3 Å². The van der Waals surface area contributed by atoms with Crippen LogP contribution in [0.5, 0.6) is 5.75 Å². The lowest BCUT2D eigenvalue weighted by molar-refractivity contribution is 0.415. The molecule has 1 N–H and O–H groups in total. The van der Waals surface area contributed by atoms with Crippen molar-refractivity contribution in [2.45, 2.75) is 12.6 Å². The Kier molecular flexibility index (Phi) is 3.55. The van der Waals surface area contributed by atoms with Crippen molar-refractivity contribution in [3.05, 3.63) is 82.8 Å². The summed E-state index contributed by atoms with van der Waals surface area (Å²) in [5, 5.41) is 5.39. The number of hydrogen-bond acceptors (Lipinski definition) is 3. The fourth-order valence-electron chi connectivity index (χ4n) is 3.66. The monoisotopic (exact) mass is 364 g/mol. The van der Waals surface area contributed by atoms with Crippen molar-refractivity contribution in [2.75, 3.05) is 7.11 Å². The van der Waals surface area contributed by atoms with Gasteiger partial charge >= 0.3 is 0 Å². The number of ether oxygens (including phenoxy) is 1. The van der Waals surface area contributed by atoms with Gasteiger partial charge in [0.2, 0.25) is 0 Å². The van der Waals surface area contributed by atoms with Crippen LogP contribution in [0.25, 0.3) is 16.7 Å². The third kappa shape index (κ3) is 2.34. The molecule has 1 unspecified atom stereocenters. The van der Waals surface area contributed by atoms with Crippen LogP contribution in [0.15, 0.2) is 65.2 Å². The maximum atomic E-state index is 6.45. The first-order valence-electron chi connectivity index (χ1n) is 8.50. The summed E-state index contributed by atoms with van der Waals surface area (Å²) in [6, 6.07) is 18.0. The number of rotatable bonds is 2. The molecule has 0 radical (unpaired) electrons. The lowest BCUT2D eigenvalue weighted by atomic mass is 10.1. The molecule has 5 rings (SSSR count). The SMILES string of the molecule is COc1ccc2oc(C3NCc4c(Cl)cccc4-n4cccc43)cc2c1. The van der Waals surface area contributed by atoms with E-state index in [4.69, 9.17) is 20.8 Å². The largest absolute Gasteiger partial charge is 0.497 e. The summed E-state index contributed by atoms with van der Waals surface area (Å²) in [6.07, 6.45) is 2.07. The fraction of sp³-hybridized carbons (Fsp3) is 0.143. The number of aromatic nitrogens is 1. The second kappa shape index (κ2) is 5.94. The number of nitrogens with one attached hydrogen (secondary N) is 1. The highest BCUT2D eigenvalue weighted by Crippen LogP contribution is 2.35. The predicted octanol–water partition coefficient (Wildman–Crippen LogP) is 5.08. The van der Waals surface area contributed by atoms with Gasteiger partial charge in [-0.2, -0.15) is 0 Å². The van der Waals surface area contributed by atoms with Gasteiger partial charge in [0.1, 0.15) is 23.1 Å². The maximum absolute atomic E-state index is 6.45. The molecule has 130 valence electrons. The van der Waals surface area contributed by atoms with Crippen molar-refractivity contribution in [1.82, 2.24) is 9.88 Å². The van der Waals surface area contributed by atoms with Crippen LogP contribution in [-0.4, -0.2) is 11.7 Å². The lowest BCUT2D eigenvalue weighted by Crippen LogP contribution is -2.20. The van der Waals surface area contributed by atoms with Gasteiger partial charge in [0.15, 0.2) is 0 Å². The second-order valence-corrected chi connectivity index (χ2v) is 6.81. The van der Waals surface area contributed by atoms with E-state index in [9.17, 15) is 0 Å². The molecule has 26 heavy (non-hydrogen) atoms. The van der Waals surface area contributed by atoms with E-state index in [2.05, 4.69) is 34.3 Å². The smallest absolute Gasteiger partial charge is 0.134 e. The molecule has 3 heterocycles. The van der Waals surface area contributed by atoms with E-state index in [1.165, 1.54) is 0 Å². The predicted molar refractivity (Wildman–Crippen MR) is 102 cm³/mol. The highest BCUT2D eigenvalue weighted by molar-refractivity contribution is 6.31. The van der Waals surface area contributed by atoms with Crippen molar-refractivity contribution in [3.8, 4) is 11.4 Å². The molecule has 1 atom stereocenters. The zero-order valence-electron chi connectivity index (χ0n) is 14.2. The summed E-state index contributed by atoms with van der Waals surface area (Å²) in [5.41, 5.74) is 4.16. The number of furan rings is 1. The molecule has 4 nitrogen and oxygen atoms in total. The molecule has 1 aliphatic rings. The Morgan fingerprint density at radius 2 is 2.08 bits per heavy atom. The van der Waals surface area contributed by atoms with E-state index in [1.54, 1.807) is 7.11 Å². The van der Waals surface area contributed by atoms with Crippen molar-refractivity contribution in [2.24, 2.45) is 0 Å². The third-order valence-corrected chi connectivity index (χ3v) is 5.29. The van der Waals surface area contributed by atoms with Gasteiger partial charge in [0, 0.05) is 34.4 Å². The average Bonchev–Trinajstić information content (AvgIpc) is 3.26. The van der Waals surface area contributed by atoms with Crippen LogP contribution in [-0.2, 0) is 6.54 Å². The zero-order valence-corrected chi connectivity index (χ0v) is 15.0. The molecule has 0 amide bonds. The average molecular weight is 365 g/mol. The molecule has 5 heteroatoms. The Morgan fingerprint density at radius 1 is 1.15 bits per heavy atom. The van der Waals surface area contributed by atoms with Gasteiger partial charge in [-0.1, -0.05) is 17.7 Å². The Morgan fingerprint density at radius 3 is 2.96 bits per heavy atom. The molecule has 0 aliphatic carbocycles. The summed E-state index contributed by atoms with van der Waals surface area (Å²) in [5.74, 6) is 1.69. The molecular weight excluding hydrogens is 348 g/mol. The minimum Gasteiger partial charge on any atom is -0.497 e. The molecule has 0 saturated heterocycles. The van der Waals surface area contributed by atoms with Crippen LogP contribution in [0, 0.1) is 0 Å². The number of methoxy groups -OCH3 is 1. The minimum atomic E-state index is -0.0631.